The molecule has 0 aliphatic carbocycles. The highest BCUT2D eigenvalue weighted by atomic mass is 35.5. The second-order valence-electron chi connectivity index (χ2n) is 6.24. The van der Waals surface area contributed by atoms with Gasteiger partial charge < -0.3 is 14.7 Å². The van der Waals surface area contributed by atoms with Crippen molar-refractivity contribution in [3.63, 3.8) is 0 Å². The monoisotopic (exact) mass is 349 g/mol. The summed E-state index contributed by atoms with van der Waals surface area (Å²) in [6.07, 6.45) is 2.07. The second-order valence-corrected chi connectivity index (χ2v) is 6.24. The van der Waals surface area contributed by atoms with Gasteiger partial charge in [0.25, 0.3) is 5.91 Å². The number of likely N-dealkylation sites (tertiary alicyclic amines) is 1. The Hall–Kier alpha value is -1.85. The van der Waals surface area contributed by atoms with E-state index in [1.807, 2.05) is 43.1 Å². The number of piperidine rings is 1. The van der Waals surface area contributed by atoms with Crippen molar-refractivity contribution in [1.82, 2.24) is 15.4 Å². The number of aromatic nitrogens is 1. The van der Waals surface area contributed by atoms with Crippen molar-refractivity contribution in [2.45, 2.75) is 19.8 Å². The van der Waals surface area contributed by atoms with Crippen LogP contribution in [-0.4, -0.2) is 42.6 Å². The lowest BCUT2D eigenvalue weighted by atomic mass is 9.96. The number of nitrogens with one attached hydrogen (secondary N) is 1. The number of rotatable bonds is 4. The number of hydrogen-bond donors (Lipinski definition) is 1. The molecule has 1 N–H and O–H groups in total. The summed E-state index contributed by atoms with van der Waals surface area (Å²) in [5.41, 5.74) is 2.86. The normalized spacial score (nSPS) is 15.2. The van der Waals surface area contributed by atoms with Crippen molar-refractivity contribution in [3.8, 4) is 11.3 Å². The van der Waals surface area contributed by atoms with Crippen molar-refractivity contribution in [2.24, 2.45) is 5.92 Å². The third-order valence-electron chi connectivity index (χ3n) is 4.46. The molecular weight excluding hydrogens is 326 g/mol. The Morgan fingerprint density at radius 1 is 1.29 bits per heavy atom. The van der Waals surface area contributed by atoms with Crippen LogP contribution < -0.4 is 5.32 Å². The van der Waals surface area contributed by atoms with Crippen molar-refractivity contribution < 1.29 is 9.32 Å². The molecule has 0 bridgehead atoms. The molecule has 2 aromatic rings. The minimum absolute atomic E-state index is 0. The van der Waals surface area contributed by atoms with Gasteiger partial charge in [-0.1, -0.05) is 35.0 Å². The van der Waals surface area contributed by atoms with E-state index in [0.717, 1.165) is 38.0 Å². The van der Waals surface area contributed by atoms with E-state index in [1.54, 1.807) is 6.07 Å². The van der Waals surface area contributed by atoms with Gasteiger partial charge in [-0.05, 0) is 39.3 Å². The molecule has 1 saturated heterocycles. The van der Waals surface area contributed by atoms with E-state index in [-0.39, 0.29) is 18.3 Å². The van der Waals surface area contributed by atoms with Crippen LogP contribution in [0.25, 0.3) is 11.3 Å². The minimum atomic E-state index is -0.0567. The lowest BCUT2D eigenvalue weighted by Gasteiger charge is -2.31. The smallest absolute Gasteiger partial charge is 0.292 e. The minimum Gasteiger partial charge on any atom is -0.350 e. The molecule has 24 heavy (non-hydrogen) atoms. The van der Waals surface area contributed by atoms with E-state index in [4.69, 9.17) is 4.52 Å². The number of carbonyl (C=O) groups is 1. The number of carbonyl (C=O) groups excluding carboxylic acids is 1. The predicted octanol–water partition coefficient (Wildman–Crippen LogP) is 3.14. The molecule has 1 aliphatic rings. The van der Waals surface area contributed by atoms with E-state index >= 15 is 0 Å². The molecule has 0 spiro atoms. The summed E-state index contributed by atoms with van der Waals surface area (Å²) in [5, 5.41) is 7.25. The van der Waals surface area contributed by atoms with Gasteiger partial charge in [0.1, 0.15) is 5.69 Å². The maximum absolute atomic E-state index is 12.5. The van der Waals surface area contributed by atoms with Crippen LogP contribution in [-0.2, 0) is 0 Å². The molecule has 1 aromatic heterocycles. The zero-order valence-corrected chi connectivity index (χ0v) is 14.9. The van der Waals surface area contributed by atoms with Gasteiger partial charge in [0, 0.05) is 24.7 Å². The lowest BCUT2D eigenvalue weighted by molar-refractivity contribution is 0.0649. The maximum Gasteiger partial charge on any atom is 0.292 e. The van der Waals surface area contributed by atoms with Gasteiger partial charge in [-0.2, -0.15) is 0 Å². The summed E-state index contributed by atoms with van der Waals surface area (Å²) in [5.74, 6) is 0.924. The lowest BCUT2D eigenvalue weighted by Crippen LogP contribution is -2.40. The number of aryl methyl sites for hydroxylation is 1. The molecule has 2 heterocycles. The van der Waals surface area contributed by atoms with Crippen LogP contribution in [0.2, 0.25) is 0 Å². The largest absolute Gasteiger partial charge is 0.350 e. The highest BCUT2D eigenvalue weighted by Crippen LogP contribution is 2.22. The van der Waals surface area contributed by atoms with E-state index in [2.05, 4.69) is 10.5 Å². The SMILES string of the molecule is CNCC1CCN(C(=O)c2cc(-c3ccc(C)cc3)no2)CC1.Cl. The molecule has 1 aliphatic heterocycles. The third kappa shape index (κ3) is 4.16. The van der Waals surface area contributed by atoms with Crippen molar-refractivity contribution in [1.29, 1.82) is 0 Å². The van der Waals surface area contributed by atoms with Crippen LogP contribution in [0, 0.1) is 12.8 Å². The van der Waals surface area contributed by atoms with Gasteiger partial charge >= 0.3 is 0 Å². The Morgan fingerprint density at radius 2 is 1.96 bits per heavy atom. The number of benzene rings is 1. The van der Waals surface area contributed by atoms with Gasteiger partial charge in [-0.3, -0.25) is 4.79 Å². The van der Waals surface area contributed by atoms with Gasteiger partial charge in [0.15, 0.2) is 0 Å². The van der Waals surface area contributed by atoms with Crippen molar-refractivity contribution in [2.75, 3.05) is 26.7 Å². The van der Waals surface area contributed by atoms with Crippen molar-refractivity contribution in [3.05, 3.63) is 41.7 Å². The molecule has 130 valence electrons. The third-order valence-corrected chi connectivity index (χ3v) is 4.46. The zero-order valence-electron chi connectivity index (χ0n) is 14.1. The standard InChI is InChI=1S/C18H23N3O2.ClH/c1-13-3-5-15(6-4-13)16-11-17(23-20-16)18(22)21-9-7-14(8-10-21)12-19-2;/h3-6,11,14,19H,7-10,12H2,1-2H3;1H. The molecule has 0 atom stereocenters. The van der Waals surface area contributed by atoms with E-state index in [9.17, 15) is 4.79 Å². The Morgan fingerprint density at radius 3 is 2.58 bits per heavy atom. The molecule has 1 aromatic carbocycles. The number of halogens is 1. The Balaban J connectivity index is 0.00000208. The summed E-state index contributed by atoms with van der Waals surface area (Å²) in [6.45, 7) is 4.62. The predicted molar refractivity (Wildman–Crippen MR) is 96.5 cm³/mol. The van der Waals surface area contributed by atoms with Gasteiger partial charge in [0.05, 0.1) is 0 Å². The average Bonchev–Trinajstić information content (AvgIpc) is 3.06. The molecule has 6 heteroatoms. The number of amides is 1. The van der Waals surface area contributed by atoms with Gasteiger partial charge in [0.2, 0.25) is 5.76 Å². The first-order chi connectivity index (χ1) is 11.2. The maximum atomic E-state index is 12.5. The molecule has 0 radical (unpaired) electrons. The second kappa shape index (κ2) is 8.31. The first-order valence-corrected chi connectivity index (χ1v) is 8.15. The zero-order chi connectivity index (χ0) is 16.2. The van der Waals surface area contributed by atoms with E-state index in [1.165, 1.54) is 5.56 Å². The van der Waals surface area contributed by atoms with Crippen molar-refractivity contribution >= 4 is 18.3 Å². The summed E-state index contributed by atoms with van der Waals surface area (Å²) in [6, 6.07) is 9.78. The first kappa shape index (κ1) is 18.5. The van der Waals surface area contributed by atoms with Crippen LogP contribution in [0.3, 0.4) is 0 Å². The summed E-state index contributed by atoms with van der Waals surface area (Å²) >= 11 is 0. The molecule has 0 unspecified atom stereocenters. The highest BCUT2D eigenvalue weighted by Gasteiger charge is 2.25. The Kier molecular flexibility index (Phi) is 6.40. The fraction of sp³-hybridized carbons (Fsp3) is 0.444. The van der Waals surface area contributed by atoms with E-state index in [0.29, 0.717) is 17.4 Å². The Bertz CT molecular complexity index is 661. The summed E-state index contributed by atoms with van der Waals surface area (Å²) in [7, 11) is 1.97. The number of nitrogens with zero attached hydrogens (tertiary/aromatic N) is 2. The Labute approximate surface area is 148 Å². The summed E-state index contributed by atoms with van der Waals surface area (Å²) < 4.78 is 5.29. The van der Waals surface area contributed by atoms with Gasteiger partial charge in [-0.25, -0.2) is 0 Å². The molecule has 3 rings (SSSR count). The highest BCUT2D eigenvalue weighted by molar-refractivity contribution is 5.92. The summed E-state index contributed by atoms with van der Waals surface area (Å²) in [4.78, 5) is 14.4. The fourth-order valence-corrected chi connectivity index (χ4v) is 3.02. The van der Waals surface area contributed by atoms with E-state index < -0.39 is 0 Å². The quantitative estimate of drug-likeness (QED) is 0.921. The van der Waals surface area contributed by atoms with Crippen LogP contribution in [0.1, 0.15) is 29.0 Å². The average molecular weight is 350 g/mol. The van der Waals surface area contributed by atoms with Gasteiger partial charge in [-0.15, -0.1) is 12.4 Å². The molecule has 5 nitrogen and oxygen atoms in total. The first-order valence-electron chi connectivity index (χ1n) is 8.15. The van der Waals surface area contributed by atoms with Crippen LogP contribution in [0.15, 0.2) is 34.9 Å². The topological polar surface area (TPSA) is 58.4 Å². The molecule has 1 amide bonds. The molecular formula is C18H24ClN3O2. The molecule has 0 saturated carbocycles. The van der Waals surface area contributed by atoms with Crippen LogP contribution in [0.4, 0.5) is 0 Å². The fourth-order valence-electron chi connectivity index (χ4n) is 3.02. The van der Waals surface area contributed by atoms with Crippen LogP contribution >= 0.6 is 12.4 Å². The number of hydrogen-bond acceptors (Lipinski definition) is 4. The van der Waals surface area contributed by atoms with Crippen LogP contribution in [0.5, 0.6) is 0 Å². The molecule has 1 fully saturated rings.